The lowest BCUT2D eigenvalue weighted by molar-refractivity contribution is -0.468. The van der Waals surface area contributed by atoms with Crippen molar-refractivity contribution in [1.82, 2.24) is 0 Å². The molecule has 112 valence electrons. The summed E-state index contributed by atoms with van der Waals surface area (Å²) in [6.45, 7) is 4.92. The van der Waals surface area contributed by atoms with Crippen molar-refractivity contribution in [2.45, 2.75) is 26.1 Å². The number of hydrogen-bond donors (Lipinski definition) is 0. The number of benzene rings is 1. The Morgan fingerprint density at radius 1 is 1.19 bits per heavy atom. The monoisotopic (exact) mass is 288 g/mol. The minimum absolute atomic E-state index is 0.480. The third-order valence-electron chi connectivity index (χ3n) is 3.06. The fraction of sp³-hybridized carbons (Fsp3) is 0.375. The molecule has 0 fully saturated rings. The first-order chi connectivity index (χ1) is 10.2. The molecule has 1 aliphatic rings. The normalized spacial score (nSPS) is 17.6. The van der Waals surface area contributed by atoms with Crippen LogP contribution in [0.1, 0.15) is 20.3 Å². The van der Waals surface area contributed by atoms with Gasteiger partial charge in [-0.1, -0.05) is 23.1 Å². The van der Waals surface area contributed by atoms with Gasteiger partial charge in [0, 0.05) is 30.8 Å². The van der Waals surface area contributed by atoms with Gasteiger partial charge in [-0.3, -0.25) is 0 Å². The second-order valence-corrected chi connectivity index (χ2v) is 4.55. The van der Waals surface area contributed by atoms with Gasteiger partial charge in [-0.25, -0.2) is 0 Å². The molecule has 0 spiro atoms. The van der Waals surface area contributed by atoms with Crippen LogP contribution < -0.4 is 0 Å². The summed E-state index contributed by atoms with van der Waals surface area (Å²) < 4.78 is 11.3. The Labute approximate surface area is 124 Å². The fourth-order valence-electron chi connectivity index (χ4n) is 2.14. The maximum absolute atomic E-state index is 12.0. The molecule has 5 heteroatoms. The van der Waals surface area contributed by atoms with Gasteiger partial charge in [0.05, 0.1) is 0 Å². The highest BCUT2D eigenvalue weighted by Gasteiger charge is 2.31. The zero-order chi connectivity index (χ0) is 15.1. The first kappa shape index (κ1) is 15.4. The minimum Gasteiger partial charge on any atom is -0.594 e. The number of nitrogens with zero attached hydrogens (tertiary/aromatic N) is 2. The Morgan fingerprint density at radius 2 is 1.86 bits per heavy atom. The topological polar surface area (TPSA) is 56.9 Å². The molecule has 0 amide bonds. The molecule has 0 saturated heterocycles. The van der Waals surface area contributed by atoms with Gasteiger partial charge in [0.25, 0.3) is 0 Å². The Balaban J connectivity index is 2.12. The maximum atomic E-state index is 12.0. The number of ether oxygens (including phenoxy) is 2. The van der Waals surface area contributed by atoms with Gasteiger partial charge in [0.15, 0.2) is 5.79 Å². The molecule has 0 N–H and O–H groups in total. The summed E-state index contributed by atoms with van der Waals surface area (Å²) in [5.74, 6) is -0.763. The summed E-state index contributed by atoms with van der Waals surface area (Å²) in [7, 11) is 0. The molecular formula is C16H20N2O3. The number of rotatable bonds is 6. The molecule has 0 atom stereocenters. The fourth-order valence-corrected chi connectivity index (χ4v) is 2.14. The summed E-state index contributed by atoms with van der Waals surface area (Å²) in [5.41, 5.74) is 1.10. The van der Waals surface area contributed by atoms with Crippen molar-refractivity contribution in [2.24, 2.45) is 5.11 Å². The van der Waals surface area contributed by atoms with Crippen LogP contribution in [0.4, 0.5) is 5.69 Å². The van der Waals surface area contributed by atoms with Crippen molar-refractivity contribution in [3.05, 3.63) is 59.5 Å². The highest BCUT2D eigenvalue weighted by atomic mass is 16.7. The highest BCUT2D eigenvalue weighted by molar-refractivity contribution is 5.34. The van der Waals surface area contributed by atoms with Gasteiger partial charge in [0.1, 0.15) is 5.69 Å². The van der Waals surface area contributed by atoms with Crippen LogP contribution in [-0.2, 0) is 9.47 Å². The zero-order valence-corrected chi connectivity index (χ0v) is 12.4. The third kappa shape index (κ3) is 4.00. The van der Waals surface area contributed by atoms with Crippen LogP contribution in [0.15, 0.2) is 59.4 Å². The van der Waals surface area contributed by atoms with Crippen LogP contribution in [0.2, 0.25) is 0 Å². The molecule has 0 saturated carbocycles. The molecule has 0 heterocycles. The quantitative estimate of drug-likeness (QED) is 0.345. The molecule has 0 bridgehead atoms. The van der Waals surface area contributed by atoms with Gasteiger partial charge in [-0.15, -0.1) is 0 Å². The summed E-state index contributed by atoms with van der Waals surface area (Å²) in [6, 6.07) is 9.12. The predicted octanol–water partition coefficient (Wildman–Crippen LogP) is 3.89. The maximum Gasteiger partial charge on any atom is 0.241 e. The Bertz CT molecular complexity index is 544. The Kier molecular flexibility index (Phi) is 5.25. The van der Waals surface area contributed by atoms with Gasteiger partial charge in [-0.05, 0) is 38.1 Å². The van der Waals surface area contributed by atoms with Crippen molar-refractivity contribution in [1.29, 1.82) is 0 Å². The highest BCUT2D eigenvalue weighted by Crippen LogP contribution is 2.27. The van der Waals surface area contributed by atoms with E-state index in [-0.39, 0.29) is 0 Å². The van der Waals surface area contributed by atoms with Crippen LogP contribution in [0, 0.1) is 5.21 Å². The average Bonchev–Trinajstić information content (AvgIpc) is 2.49. The largest absolute Gasteiger partial charge is 0.594 e. The van der Waals surface area contributed by atoms with Crippen molar-refractivity contribution in [3.8, 4) is 0 Å². The van der Waals surface area contributed by atoms with E-state index in [1.54, 1.807) is 30.4 Å². The number of hydroxylamine groups is 1. The molecule has 0 unspecified atom stereocenters. The predicted molar refractivity (Wildman–Crippen MR) is 80.0 cm³/mol. The Hall–Kier alpha value is -1.98. The summed E-state index contributed by atoms with van der Waals surface area (Å²) in [4.78, 5) is 0.619. The number of allylic oxidation sites excluding steroid dienone is 1. The standard InChI is InChI=1S/C16H20N2O3/c1-3-20-16(21-4-2)12-10-15(11-13-16)18(19)17-14-8-6-5-7-9-14/h5-12H,3-4,13H2,1-2H3. The SMILES string of the molecule is CCOC1(OCC)C=CC([N+]([O-])=Nc2ccccc2)=CC1. The first-order valence-electron chi connectivity index (χ1n) is 7.10. The summed E-state index contributed by atoms with van der Waals surface area (Å²) in [5, 5.41) is 16.0. The molecule has 0 aliphatic heterocycles. The molecule has 2 rings (SSSR count). The van der Waals surface area contributed by atoms with Crippen molar-refractivity contribution < 1.29 is 14.3 Å². The van der Waals surface area contributed by atoms with E-state index in [1.807, 2.05) is 32.0 Å². The molecule has 1 aliphatic carbocycles. The van der Waals surface area contributed by atoms with Gasteiger partial charge >= 0.3 is 0 Å². The van der Waals surface area contributed by atoms with E-state index in [1.165, 1.54) is 0 Å². The van der Waals surface area contributed by atoms with E-state index in [2.05, 4.69) is 5.11 Å². The average molecular weight is 288 g/mol. The van der Waals surface area contributed by atoms with Gasteiger partial charge in [-0.2, -0.15) is 0 Å². The molecule has 0 radical (unpaired) electrons. The Morgan fingerprint density at radius 3 is 2.38 bits per heavy atom. The minimum atomic E-state index is -0.763. The zero-order valence-electron chi connectivity index (χ0n) is 12.4. The van der Waals surface area contributed by atoms with E-state index < -0.39 is 5.79 Å². The lowest BCUT2D eigenvalue weighted by Crippen LogP contribution is -2.35. The van der Waals surface area contributed by atoms with E-state index in [4.69, 9.17) is 9.47 Å². The van der Waals surface area contributed by atoms with Crippen molar-refractivity contribution in [2.75, 3.05) is 13.2 Å². The van der Waals surface area contributed by atoms with Gasteiger partial charge in [0.2, 0.25) is 5.70 Å². The molecule has 1 aromatic rings. The molecule has 21 heavy (non-hydrogen) atoms. The van der Waals surface area contributed by atoms with Crippen molar-refractivity contribution in [3.63, 3.8) is 0 Å². The lowest BCUT2D eigenvalue weighted by Gasteiger charge is -2.30. The van der Waals surface area contributed by atoms with Gasteiger partial charge < -0.3 is 14.7 Å². The molecule has 1 aromatic carbocycles. The third-order valence-corrected chi connectivity index (χ3v) is 3.06. The lowest BCUT2D eigenvalue weighted by atomic mass is 10.1. The van der Waals surface area contributed by atoms with Crippen LogP contribution in [0.5, 0.6) is 0 Å². The van der Waals surface area contributed by atoms with E-state index in [0.717, 1.165) is 0 Å². The van der Waals surface area contributed by atoms with Crippen LogP contribution in [0.25, 0.3) is 0 Å². The molecule has 0 aromatic heterocycles. The van der Waals surface area contributed by atoms with E-state index in [0.29, 0.717) is 35.9 Å². The van der Waals surface area contributed by atoms with Crippen molar-refractivity contribution >= 4 is 5.69 Å². The summed E-state index contributed by atoms with van der Waals surface area (Å²) in [6.07, 6.45) is 5.74. The van der Waals surface area contributed by atoms with E-state index >= 15 is 0 Å². The second-order valence-electron chi connectivity index (χ2n) is 4.55. The second kappa shape index (κ2) is 7.15. The van der Waals surface area contributed by atoms with Crippen LogP contribution in [-0.4, -0.2) is 23.9 Å². The number of azo groups is 1. The molecule has 5 nitrogen and oxygen atoms in total. The number of hydrogen-bond acceptors (Lipinski definition) is 4. The smallest absolute Gasteiger partial charge is 0.241 e. The van der Waals surface area contributed by atoms with E-state index in [9.17, 15) is 5.21 Å². The molecular weight excluding hydrogens is 268 g/mol. The van der Waals surface area contributed by atoms with Crippen LogP contribution in [0.3, 0.4) is 0 Å². The van der Waals surface area contributed by atoms with Crippen LogP contribution >= 0.6 is 0 Å². The summed E-state index contributed by atoms with van der Waals surface area (Å²) >= 11 is 0. The first-order valence-corrected chi connectivity index (χ1v) is 7.10.